The van der Waals surface area contributed by atoms with E-state index in [1.165, 1.54) is 0 Å². The van der Waals surface area contributed by atoms with Crippen molar-refractivity contribution in [3.63, 3.8) is 0 Å². The zero-order chi connectivity index (χ0) is 18.9. The van der Waals surface area contributed by atoms with Gasteiger partial charge in [0.25, 0.3) is 5.91 Å². The van der Waals surface area contributed by atoms with E-state index < -0.39 is 0 Å². The molecule has 2 aliphatic heterocycles. The van der Waals surface area contributed by atoms with Gasteiger partial charge in [-0.3, -0.25) is 9.59 Å². The zero-order valence-corrected chi connectivity index (χ0v) is 15.5. The minimum Gasteiger partial charge on any atom is -0.497 e. The van der Waals surface area contributed by atoms with Crippen molar-refractivity contribution in [3.8, 4) is 5.75 Å². The second kappa shape index (κ2) is 7.06. The fourth-order valence-electron chi connectivity index (χ4n) is 4.16. The largest absolute Gasteiger partial charge is 0.497 e. The highest BCUT2D eigenvalue weighted by Gasteiger charge is 2.42. The van der Waals surface area contributed by atoms with Gasteiger partial charge < -0.3 is 15.0 Å². The molecule has 2 aromatic carbocycles. The van der Waals surface area contributed by atoms with E-state index in [-0.39, 0.29) is 17.4 Å². The van der Waals surface area contributed by atoms with E-state index >= 15 is 0 Å². The van der Waals surface area contributed by atoms with Gasteiger partial charge in [0.1, 0.15) is 5.75 Å². The summed E-state index contributed by atoms with van der Waals surface area (Å²) < 4.78 is 5.24. The number of nitrogens with zero attached hydrogens (tertiary/aromatic N) is 1. The lowest BCUT2D eigenvalue weighted by molar-refractivity contribution is -0.129. The third kappa shape index (κ3) is 3.54. The van der Waals surface area contributed by atoms with Crippen molar-refractivity contribution < 1.29 is 14.3 Å². The first kappa shape index (κ1) is 17.6. The molecule has 2 aliphatic rings. The molecule has 0 aromatic heterocycles. The number of aryl methyl sites for hydroxylation is 1. The quantitative estimate of drug-likeness (QED) is 0.911. The Kier molecular flexibility index (Phi) is 4.60. The van der Waals surface area contributed by atoms with Crippen molar-refractivity contribution in [2.75, 3.05) is 20.2 Å². The standard InChI is InChI=1S/C22H24N2O3/c1-27-18-7-4-5-16(13-18)14-20(25)24-12-11-22(15-24)10-9-17-6-2-3-8-19(17)21(26)23-22/h2-8,13H,9-12,14-15H2,1H3,(H,23,26). The number of likely N-dealkylation sites (tertiary alicyclic amines) is 1. The van der Waals surface area contributed by atoms with Gasteiger partial charge in [-0.2, -0.15) is 0 Å². The van der Waals surface area contributed by atoms with Crippen LogP contribution in [0.3, 0.4) is 0 Å². The Labute approximate surface area is 159 Å². The van der Waals surface area contributed by atoms with Crippen LogP contribution in [0.15, 0.2) is 48.5 Å². The lowest BCUT2D eigenvalue weighted by atomic mass is 9.91. The molecule has 2 amide bonds. The Morgan fingerprint density at radius 1 is 1.19 bits per heavy atom. The Morgan fingerprint density at radius 2 is 2.04 bits per heavy atom. The summed E-state index contributed by atoms with van der Waals surface area (Å²) in [5, 5.41) is 3.22. The van der Waals surface area contributed by atoms with Crippen LogP contribution in [0.1, 0.15) is 34.3 Å². The summed E-state index contributed by atoms with van der Waals surface area (Å²) >= 11 is 0. The molecule has 0 saturated carbocycles. The topological polar surface area (TPSA) is 58.6 Å². The third-order valence-corrected chi connectivity index (χ3v) is 5.71. The molecule has 5 heteroatoms. The molecule has 27 heavy (non-hydrogen) atoms. The highest BCUT2D eigenvalue weighted by atomic mass is 16.5. The van der Waals surface area contributed by atoms with Crippen LogP contribution in [-0.2, 0) is 17.6 Å². The van der Waals surface area contributed by atoms with E-state index in [2.05, 4.69) is 5.32 Å². The summed E-state index contributed by atoms with van der Waals surface area (Å²) in [4.78, 5) is 27.4. The maximum Gasteiger partial charge on any atom is 0.252 e. The number of ether oxygens (including phenoxy) is 1. The van der Waals surface area contributed by atoms with Crippen molar-refractivity contribution >= 4 is 11.8 Å². The van der Waals surface area contributed by atoms with E-state index in [0.29, 0.717) is 19.5 Å². The van der Waals surface area contributed by atoms with Crippen molar-refractivity contribution in [1.29, 1.82) is 0 Å². The normalized spacial score (nSPS) is 21.5. The number of fused-ring (bicyclic) bond motifs is 1. The first-order valence-electron chi connectivity index (χ1n) is 9.40. The Morgan fingerprint density at radius 3 is 2.89 bits per heavy atom. The number of amides is 2. The predicted molar refractivity (Wildman–Crippen MR) is 103 cm³/mol. The first-order chi connectivity index (χ1) is 13.1. The van der Waals surface area contributed by atoms with Crippen molar-refractivity contribution in [3.05, 3.63) is 65.2 Å². The average Bonchev–Trinajstić information content (AvgIpc) is 3.05. The molecule has 5 nitrogen and oxygen atoms in total. The van der Waals surface area contributed by atoms with Crippen LogP contribution in [0.25, 0.3) is 0 Å². The number of carbonyl (C=O) groups excluding carboxylic acids is 2. The van der Waals surface area contributed by atoms with E-state index in [1.54, 1.807) is 7.11 Å². The van der Waals surface area contributed by atoms with Crippen LogP contribution in [0.4, 0.5) is 0 Å². The van der Waals surface area contributed by atoms with Crippen LogP contribution in [0, 0.1) is 0 Å². The van der Waals surface area contributed by atoms with Gasteiger partial charge in [-0.05, 0) is 48.6 Å². The molecule has 0 bridgehead atoms. The number of methoxy groups -OCH3 is 1. The van der Waals surface area contributed by atoms with E-state index in [1.807, 2.05) is 53.4 Å². The van der Waals surface area contributed by atoms with Gasteiger partial charge in [-0.25, -0.2) is 0 Å². The van der Waals surface area contributed by atoms with E-state index in [0.717, 1.165) is 41.7 Å². The molecule has 1 atom stereocenters. The fraction of sp³-hybridized carbons (Fsp3) is 0.364. The van der Waals surface area contributed by atoms with Gasteiger partial charge in [0.2, 0.25) is 5.91 Å². The second-order valence-electron chi connectivity index (χ2n) is 7.49. The SMILES string of the molecule is COc1cccc(CC(=O)N2CCC3(CCc4ccccc4C(=O)N3)C2)c1. The molecule has 2 aromatic rings. The number of rotatable bonds is 3. The molecule has 0 radical (unpaired) electrons. The lowest BCUT2D eigenvalue weighted by Gasteiger charge is -2.29. The Hall–Kier alpha value is -2.82. The van der Waals surface area contributed by atoms with Crippen molar-refractivity contribution in [2.24, 2.45) is 0 Å². The van der Waals surface area contributed by atoms with Gasteiger partial charge in [0, 0.05) is 18.7 Å². The number of hydrogen-bond acceptors (Lipinski definition) is 3. The second-order valence-corrected chi connectivity index (χ2v) is 7.49. The molecule has 140 valence electrons. The summed E-state index contributed by atoms with van der Waals surface area (Å²) in [5.74, 6) is 0.827. The van der Waals surface area contributed by atoms with Crippen LogP contribution in [0.5, 0.6) is 5.75 Å². The maximum atomic E-state index is 12.8. The molecule has 0 aliphatic carbocycles. The molecule has 1 fully saturated rings. The summed E-state index contributed by atoms with van der Waals surface area (Å²) in [6.45, 7) is 1.26. The summed E-state index contributed by atoms with van der Waals surface area (Å²) in [5.41, 5.74) is 2.47. The Bertz CT molecular complexity index is 879. The third-order valence-electron chi connectivity index (χ3n) is 5.71. The summed E-state index contributed by atoms with van der Waals surface area (Å²) in [6.07, 6.45) is 2.86. The molecule has 1 spiro atoms. The molecular formula is C22H24N2O3. The van der Waals surface area contributed by atoms with Crippen LogP contribution >= 0.6 is 0 Å². The molecule has 1 unspecified atom stereocenters. The maximum absolute atomic E-state index is 12.8. The predicted octanol–water partition coefficient (Wildman–Crippen LogP) is 2.59. The minimum absolute atomic E-state index is 0.0230. The Balaban J connectivity index is 1.45. The van der Waals surface area contributed by atoms with Crippen LogP contribution < -0.4 is 10.1 Å². The van der Waals surface area contributed by atoms with Gasteiger partial charge >= 0.3 is 0 Å². The number of carbonyl (C=O) groups is 2. The van der Waals surface area contributed by atoms with Crippen LogP contribution in [0.2, 0.25) is 0 Å². The van der Waals surface area contributed by atoms with Crippen molar-refractivity contribution in [2.45, 2.75) is 31.2 Å². The summed E-state index contributed by atoms with van der Waals surface area (Å²) in [7, 11) is 1.62. The van der Waals surface area contributed by atoms with Gasteiger partial charge in [-0.15, -0.1) is 0 Å². The zero-order valence-electron chi connectivity index (χ0n) is 15.5. The molecule has 1 saturated heterocycles. The van der Waals surface area contributed by atoms with Gasteiger partial charge in [0.15, 0.2) is 0 Å². The molecule has 1 N–H and O–H groups in total. The average molecular weight is 364 g/mol. The van der Waals surface area contributed by atoms with Crippen molar-refractivity contribution in [1.82, 2.24) is 10.2 Å². The van der Waals surface area contributed by atoms with Gasteiger partial charge in [0.05, 0.1) is 19.1 Å². The monoisotopic (exact) mass is 364 g/mol. The lowest BCUT2D eigenvalue weighted by Crippen LogP contribution is -2.50. The van der Waals surface area contributed by atoms with E-state index in [9.17, 15) is 9.59 Å². The summed E-state index contributed by atoms with van der Waals surface area (Å²) in [6, 6.07) is 15.4. The fourth-order valence-corrected chi connectivity index (χ4v) is 4.16. The smallest absolute Gasteiger partial charge is 0.252 e. The molecule has 4 rings (SSSR count). The van der Waals surface area contributed by atoms with Crippen LogP contribution in [-0.4, -0.2) is 42.5 Å². The number of hydrogen-bond donors (Lipinski definition) is 1. The minimum atomic E-state index is -0.319. The highest BCUT2D eigenvalue weighted by Crippen LogP contribution is 2.31. The number of nitrogens with one attached hydrogen (secondary N) is 1. The highest BCUT2D eigenvalue weighted by molar-refractivity contribution is 5.96. The molecular weight excluding hydrogens is 340 g/mol. The van der Waals surface area contributed by atoms with Gasteiger partial charge in [-0.1, -0.05) is 30.3 Å². The molecule has 2 heterocycles. The number of benzene rings is 2. The van der Waals surface area contributed by atoms with E-state index in [4.69, 9.17) is 4.74 Å². The first-order valence-corrected chi connectivity index (χ1v) is 9.40.